The van der Waals surface area contributed by atoms with Gasteiger partial charge >= 0.3 is 0 Å². The number of hydrogen-bond acceptors (Lipinski definition) is 4. The predicted molar refractivity (Wildman–Crippen MR) is 92.9 cm³/mol. The van der Waals surface area contributed by atoms with Gasteiger partial charge in [-0.15, -0.1) is 0 Å². The van der Waals surface area contributed by atoms with Crippen LogP contribution >= 0.6 is 0 Å². The van der Waals surface area contributed by atoms with Crippen molar-refractivity contribution in [3.05, 3.63) is 28.8 Å². The Balaban J connectivity index is 2.30. The third-order valence-electron chi connectivity index (χ3n) is 3.81. The van der Waals surface area contributed by atoms with E-state index in [0.29, 0.717) is 24.5 Å². The maximum atomic E-state index is 12.1. The number of unbranched alkanes of at least 4 members (excludes halogenated alkanes) is 1. The average molecular weight is 328 g/mol. The van der Waals surface area contributed by atoms with Gasteiger partial charge in [0, 0.05) is 24.1 Å². The van der Waals surface area contributed by atoms with Gasteiger partial charge in [0.05, 0.1) is 6.61 Å². The fourth-order valence-corrected chi connectivity index (χ4v) is 2.63. The minimum absolute atomic E-state index is 0.0676. The molecule has 128 valence electrons. The molecule has 1 amide bonds. The Bertz CT molecular complexity index is 674. The molecule has 5 heteroatoms. The summed E-state index contributed by atoms with van der Waals surface area (Å²) in [7, 11) is 0. The van der Waals surface area contributed by atoms with Gasteiger partial charge in [0.15, 0.2) is 0 Å². The molecule has 0 bridgehead atoms. The number of benzene rings is 1. The maximum absolute atomic E-state index is 12.1. The summed E-state index contributed by atoms with van der Waals surface area (Å²) < 4.78 is 11.4. The number of rotatable bonds is 7. The molecular formula is C19H24N2O3. The van der Waals surface area contributed by atoms with Crippen LogP contribution in [0, 0.1) is 11.3 Å². The molecule has 0 radical (unpaired) electrons. The first kappa shape index (κ1) is 17.9. The standard InChI is InChI=1S/C19H24N2O3/c1-4-6-7-21-19(22)16(12-20)9-15-11-18-14(8-13(3)24-18)10-17(15)23-5-2/h9-11,13H,4-8H2,1-3H3,(H,21,22)/b16-9+/t13-/m1/s1. The number of carbonyl (C=O) groups excluding carboxylic acids is 1. The van der Waals surface area contributed by atoms with Gasteiger partial charge in [-0.3, -0.25) is 4.79 Å². The topological polar surface area (TPSA) is 71.4 Å². The van der Waals surface area contributed by atoms with Crippen LogP contribution in [0.15, 0.2) is 17.7 Å². The molecule has 0 fully saturated rings. The van der Waals surface area contributed by atoms with E-state index >= 15 is 0 Å². The number of amides is 1. The van der Waals surface area contributed by atoms with Crippen molar-refractivity contribution < 1.29 is 14.3 Å². The van der Waals surface area contributed by atoms with Crippen LogP contribution in [-0.4, -0.2) is 25.2 Å². The van der Waals surface area contributed by atoms with Gasteiger partial charge in [-0.25, -0.2) is 0 Å². The quantitative estimate of drug-likeness (QED) is 0.474. The summed E-state index contributed by atoms with van der Waals surface area (Å²) in [5.41, 5.74) is 1.85. The Morgan fingerprint density at radius 3 is 2.96 bits per heavy atom. The Kier molecular flexibility index (Phi) is 6.25. The minimum Gasteiger partial charge on any atom is -0.493 e. The van der Waals surface area contributed by atoms with E-state index in [2.05, 4.69) is 5.32 Å². The molecule has 1 aromatic carbocycles. The molecule has 24 heavy (non-hydrogen) atoms. The fourth-order valence-electron chi connectivity index (χ4n) is 2.63. The van der Waals surface area contributed by atoms with Gasteiger partial charge in [-0.2, -0.15) is 5.26 Å². The summed E-state index contributed by atoms with van der Waals surface area (Å²) in [5.74, 6) is 1.10. The summed E-state index contributed by atoms with van der Waals surface area (Å²) in [5, 5.41) is 12.1. The van der Waals surface area contributed by atoms with Crippen LogP contribution < -0.4 is 14.8 Å². The summed E-state index contributed by atoms with van der Waals surface area (Å²) in [6.45, 7) is 7.05. The predicted octanol–water partition coefficient (Wildman–Crippen LogP) is 3.23. The highest BCUT2D eigenvalue weighted by Gasteiger charge is 2.22. The van der Waals surface area contributed by atoms with Crippen LogP contribution in [0.2, 0.25) is 0 Å². The number of nitrogens with zero attached hydrogens (tertiary/aromatic N) is 1. The normalized spacial score (nSPS) is 16.1. The van der Waals surface area contributed by atoms with E-state index in [1.165, 1.54) is 0 Å². The molecule has 1 aromatic rings. The van der Waals surface area contributed by atoms with Crippen LogP contribution in [-0.2, 0) is 11.2 Å². The number of carbonyl (C=O) groups is 1. The van der Waals surface area contributed by atoms with Gasteiger partial charge in [0.25, 0.3) is 5.91 Å². The maximum Gasteiger partial charge on any atom is 0.261 e. The van der Waals surface area contributed by atoms with Crippen molar-refractivity contribution in [2.75, 3.05) is 13.2 Å². The van der Waals surface area contributed by atoms with Crippen LogP contribution in [0.3, 0.4) is 0 Å². The zero-order valence-electron chi connectivity index (χ0n) is 14.5. The van der Waals surface area contributed by atoms with Gasteiger partial charge in [-0.05, 0) is 38.5 Å². The molecule has 0 aliphatic carbocycles. The molecule has 0 spiro atoms. The largest absolute Gasteiger partial charge is 0.493 e. The zero-order chi connectivity index (χ0) is 17.5. The Morgan fingerprint density at radius 1 is 1.50 bits per heavy atom. The molecular weight excluding hydrogens is 304 g/mol. The number of hydrogen-bond donors (Lipinski definition) is 1. The van der Waals surface area contributed by atoms with E-state index in [-0.39, 0.29) is 17.6 Å². The van der Waals surface area contributed by atoms with Gasteiger partial charge in [0.1, 0.15) is 29.2 Å². The summed E-state index contributed by atoms with van der Waals surface area (Å²) in [6.07, 6.45) is 4.40. The average Bonchev–Trinajstić information content (AvgIpc) is 2.91. The zero-order valence-corrected chi connectivity index (χ0v) is 14.5. The molecule has 0 unspecified atom stereocenters. The molecule has 1 aliphatic rings. The third-order valence-corrected chi connectivity index (χ3v) is 3.81. The van der Waals surface area contributed by atoms with Gasteiger partial charge in [0.2, 0.25) is 0 Å². The van der Waals surface area contributed by atoms with E-state index in [9.17, 15) is 10.1 Å². The van der Waals surface area contributed by atoms with Crippen LogP contribution in [0.1, 0.15) is 44.7 Å². The highest BCUT2D eigenvalue weighted by molar-refractivity contribution is 6.02. The van der Waals surface area contributed by atoms with E-state index in [1.807, 2.05) is 39.0 Å². The second-order valence-corrected chi connectivity index (χ2v) is 5.84. The highest BCUT2D eigenvalue weighted by Crippen LogP contribution is 2.36. The van der Waals surface area contributed by atoms with Crippen molar-refractivity contribution in [2.45, 2.75) is 46.1 Å². The van der Waals surface area contributed by atoms with Crippen LogP contribution in [0.4, 0.5) is 0 Å². The van der Waals surface area contributed by atoms with E-state index in [4.69, 9.17) is 9.47 Å². The first-order valence-electron chi connectivity index (χ1n) is 8.45. The summed E-state index contributed by atoms with van der Waals surface area (Å²) in [4.78, 5) is 12.1. The number of nitrogens with one attached hydrogen (secondary N) is 1. The van der Waals surface area contributed by atoms with Gasteiger partial charge in [-0.1, -0.05) is 13.3 Å². The van der Waals surface area contributed by atoms with Crippen molar-refractivity contribution >= 4 is 12.0 Å². The first-order valence-corrected chi connectivity index (χ1v) is 8.45. The second-order valence-electron chi connectivity index (χ2n) is 5.84. The molecule has 1 aliphatic heterocycles. The Morgan fingerprint density at radius 2 is 2.29 bits per heavy atom. The van der Waals surface area contributed by atoms with E-state index in [0.717, 1.165) is 30.6 Å². The number of nitriles is 1. The van der Waals surface area contributed by atoms with E-state index in [1.54, 1.807) is 6.08 Å². The lowest BCUT2D eigenvalue weighted by atomic mass is 10.0. The summed E-state index contributed by atoms with van der Waals surface area (Å²) >= 11 is 0. The fraction of sp³-hybridized carbons (Fsp3) is 0.474. The lowest BCUT2D eigenvalue weighted by Gasteiger charge is -2.10. The molecule has 0 saturated heterocycles. The lowest BCUT2D eigenvalue weighted by molar-refractivity contribution is -0.117. The third kappa shape index (κ3) is 4.29. The molecule has 0 aromatic heterocycles. The Hall–Kier alpha value is -2.48. The molecule has 0 saturated carbocycles. The number of ether oxygens (including phenoxy) is 2. The van der Waals surface area contributed by atoms with E-state index < -0.39 is 0 Å². The monoisotopic (exact) mass is 328 g/mol. The van der Waals surface area contributed by atoms with Crippen molar-refractivity contribution in [1.82, 2.24) is 5.32 Å². The van der Waals surface area contributed by atoms with Crippen LogP contribution in [0.25, 0.3) is 6.08 Å². The van der Waals surface area contributed by atoms with Gasteiger partial charge < -0.3 is 14.8 Å². The first-order chi connectivity index (χ1) is 11.6. The molecule has 2 rings (SSSR count). The molecule has 5 nitrogen and oxygen atoms in total. The smallest absolute Gasteiger partial charge is 0.261 e. The highest BCUT2D eigenvalue weighted by atomic mass is 16.5. The molecule has 1 N–H and O–H groups in total. The molecule has 1 atom stereocenters. The number of fused-ring (bicyclic) bond motifs is 1. The second kappa shape index (κ2) is 8.39. The summed E-state index contributed by atoms with van der Waals surface area (Å²) in [6, 6.07) is 5.77. The van der Waals surface area contributed by atoms with Crippen molar-refractivity contribution in [3.63, 3.8) is 0 Å². The Labute approximate surface area is 143 Å². The van der Waals surface area contributed by atoms with Crippen molar-refractivity contribution in [3.8, 4) is 17.6 Å². The van der Waals surface area contributed by atoms with Crippen molar-refractivity contribution in [2.24, 2.45) is 0 Å². The minimum atomic E-state index is -0.358. The van der Waals surface area contributed by atoms with Crippen LogP contribution in [0.5, 0.6) is 11.5 Å². The molecule has 1 heterocycles. The lowest BCUT2D eigenvalue weighted by Crippen LogP contribution is -2.25. The van der Waals surface area contributed by atoms with Crippen molar-refractivity contribution in [1.29, 1.82) is 5.26 Å². The SMILES string of the molecule is CCCCNC(=O)/C(C#N)=C/c1cc2c(cc1OCC)C[C@@H](C)O2.